The van der Waals surface area contributed by atoms with Crippen molar-refractivity contribution in [3.05, 3.63) is 0 Å². The van der Waals surface area contributed by atoms with Crippen LogP contribution in [-0.2, 0) is 9.53 Å². The molecule has 0 aliphatic heterocycles. The number of hydrogen-bond acceptors (Lipinski definition) is 3. The van der Waals surface area contributed by atoms with E-state index in [0.717, 1.165) is 6.29 Å². The Morgan fingerprint density at radius 3 is 2.89 bits per heavy atom. The third kappa shape index (κ3) is 5.86. The number of ether oxygens (including phenoxy) is 1. The zero-order chi connectivity index (χ0) is 7.11. The number of carbonyl (C=O) groups is 1. The highest BCUT2D eigenvalue weighted by Gasteiger charge is 1.96. The van der Waals surface area contributed by atoms with Gasteiger partial charge in [0.2, 0.25) is 0 Å². The van der Waals surface area contributed by atoms with E-state index in [1.54, 1.807) is 11.8 Å². The summed E-state index contributed by atoms with van der Waals surface area (Å²) < 4.78 is 5.07. The molecule has 0 saturated heterocycles. The van der Waals surface area contributed by atoms with Crippen LogP contribution in [0.5, 0.6) is 0 Å². The molecule has 0 aromatic carbocycles. The first-order valence-corrected chi connectivity index (χ1v) is 4.22. The van der Waals surface area contributed by atoms with Crippen LogP contribution in [0.2, 0.25) is 0 Å². The Balaban J connectivity index is 2.96. The van der Waals surface area contributed by atoms with Crippen LogP contribution in [0.4, 0.5) is 0 Å². The van der Waals surface area contributed by atoms with E-state index in [1.807, 2.05) is 13.2 Å². The second-order valence-electron chi connectivity index (χ2n) is 1.89. The molecule has 0 heterocycles. The van der Waals surface area contributed by atoms with Crippen molar-refractivity contribution in [3.8, 4) is 0 Å². The SMILES string of the molecule is CSCOC[C@H](C)C=O. The molecule has 0 amide bonds. The lowest BCUT2D eigenvalue weighted by Crippen LogP contribution is -2.05. The lowest BCUT2D eigenvalue weighted by molar-refractivity contribution is -0.112. The van der Waals surface area contributed by atoms with Crippen molar-refractivity contribution in [2.24, 2.45) is 5.92 Å². The van der Waals surface area contributed by atoms with Crippen LogP contribution < -0.4 is 0 Å². The van der Waals surface area contributed by atoms with Crippen LogP contribution in [0.1, 0.15) is 6.92 Å². The molecule has 0 fully saturated rings. The summed E-state index contributed by atoms with van der Waals surface area (Å²) in [7, 11) is 0. The van der Waals surface area contributed by atoms with Crippen molar-refractivity contribution < 1.29 is 9.53 Å². The van der Waals surface area contributed by atoms with Gasteiger partial charge < -0.3 is 9.53 Å². The highest BCUT2D eigenvalue weighted by Crippen LogP contribution is 1.95. The molecular formula is C6H12O2S. The van der Waals surface area contributed by atoms with Crippen molar-refractivity contribution >= 4 is 18.0 Å². The summed E-state index contributed by atoms with van der Waals surface area (Å²) in [6.07, 6.45) is 2.87. The van der Waals surface area contributed by atoms with Crippen LogP contribution in [0.15, 0.2) is 0 Å². The molecule has 0 rings (SSSR count). The van der Waals surface area contributed by atoms with Gasteiger partial charge in [0.15, 0.2) is 0 Å². The topological polar surface area (TPSA) is 26.3 Å². The molecule has 0 radical (unpaired) electrons. The Morgan fingerprint density at radius 1 is 1.78 bits per heavy atom. The van der Waals surface area contributed by atoms with Gasteiger partial charge in [0.1, 0.15) is 6.29 Å². The molecule has 0 unspecified atom stereocenters. The largest absolute Gasteiger partial charge is 0.370 e. The maximum atomic E-state index is 10.0. The summed E-state index contributed by atoms with van der Waals surface area (Å²) >= 11 is 1.62. The molecule has 2 nitrogen and oxygen atoms in total. The molecule has 0 aromatic rings. The van der Waals surface area contributed by atoms with E-state index < -0.39 is 0 Å². The normalized spacial score (nSPS) is 13.1. The first-order valence-electron chi connectivity index (χ1n) is 2.83. The van der Waals surface area contributed by atoms with E-state index in [1.165, 1.54) is 0 Å². The second kappa shape index (κ2) is 6.11. The highest BCUT2D eigenvalue weighted by atomic mass is 32.2. The summed E-state index contributed by atoms with van der Waals surface area (Å²) in [6, 6.07) is 0. The fourth-order valence-electron chi connectivity index (χ4n) is 0.357. The van der Waals surface area contributed by atoms with Gasteiger partial charge in [-0.15, -0.1) is 11.8 Å². The van der Waals surface area contributed by atoms with Crippen LogP contribution >= 0.6 is 11.8 Å². The Morgan fingerprint density at radius 2 is 2.44 bits per heavy atom. The third-order valence-electron chi connectivity index (χ3n) is 0.814. The van der Waals surface area contributed by atoms with Crippen LogP contribution in [-0.4, -0.2) is 25.1 Å². The van der Waals surface area contributed by atoms with Crippen molar-refractivity contribution in [1.29, 1.82) is 0 Å². The molecule has 0 N–H and O–H groups in total. The molecule has 0 bridgehead atoms. The Bertz CT molecular complexity index is 75.5. The number of rotatable bonds is 5. The minimum Gasteiger partial charge on any atom is -0.370 e. The molecule has 3 heteroatoms. The first-order chi connectivity index (χ1) is 4.31. The Kier molecular flexibility index (Phi) is 6.09. The molecular weight excluding hydrogens is 136 g/mol. The van der Waals surface area contributed by atoms with Gasteiger partial charge >= 0.3 is 0 Å². The maximum absolute atomic E-state index is 10.0. The van der Waals surface area contributed by atoms with Gasteiger partial charge in [0, 0.05) is 5.92 Å². The van der Waals surface area contributed by atoms with E-state index in [-0.39, 0.29) is 5.92 Å². The zero-order valence-electron chi connectivity index (χ0n) is 5.79. The summed E-state index contributed by atoms with van der Waals surface area (Å²) in [5, 5.41) is 0. The molecule has 9 heavy (non-hydrogen) atoms. The van der Waals surface area contributed by atoms with E-state index >= 15 is 0 Å². The molecule has 54 valence electrons. The quantitative estimate of drug-likeness (QED) is 0.332. The van der Waals surface area contributed by atoms with E-state index in [4.69, 9.17) is 4.74 Å². The van der Waals surface area contributed by atoms with Gasteiger partial charge in [0.25, 0.3) is 0 Å². The van der Waals surface area contributed by atoms with Crippen molar-refractivity contribution in [3.63, 3.8) is 0 Å². The lowest BCUT2D eigenvalue weighted by atomic mass is 10.2. The molecule has 0 aliphatic carbocycles. The van der Waals surface area contributed by atoms with Gasteiger partial charge in [-0.2, -0.15) is 0 Å². The molecule has 0 saturated carbocycles. The van der Waals surface area contributed by atoms with Crippen molar-refractivity contribution in [1.82, 2.24) is 0 Å². The predicted molar refractivity (Wildman–Crippen MR) is 39.6 cm³/mol. The van der Waals surface area contributed by atoms with E-state index in [2.05, 4.69) is 0 Å². The number of aldehydes is 1. The van der Waals surface area contributed by atoms with Crippen molar-refractivity contribution in [2.45, 2.75) is 6.92 Å². The van der Waals surface area contributed by atoms with Gasteiger partial charge in [0.05, 0.1) is 12.5 Å². The fourth-order valence-corrected chi connectivity index (χ4v) is 0.620. The smallest absolute Gasteiger partial charge is 0.125 e. The summed E-state index contributed by atoms with van der Waals surface area (Å²) in [6.45, 7) is 2.39. The van der Waals surface area contributed by atoms with Crippen LogP contribution in [0, 0.1) is 5.92 Å². The third-order valence-corrected chi connectivity index (χ3v) is 1.22. The summed E-state index contributed by atoms with van der Waals surface area (Å²) in [5.41, 5.74) is 0. The van der Waals surface area contributed by atoms with Gasteiger partial charge in [-0.1, -0.05) is 6.92 Å². The number of hydrogen-bond donors (Lipinski definition) is 0. The monoisotopic (exact) mass is 148 g/mol. The minimum atomic E-state index is 0.0390. The average Bonchev–Trinajstić information content (AvgIpc) is 1.89. The standard InChI is InChI=1S/C6H12O2S/c1-6(3-7)4-8-5-9-2/h3,6H,4-5H2,1-2H3/t6-/m1/s1. The van der Waals surface area contributed by atoms with Crippen LogP contribution in [0.25, 0.3) is 0 Å². The fraction of sp³-hybridized carbons (Fsp3) is 0.833. The zero-order valence-corrected chi connectivity index (χ0v) is 6.61. The predicted octanol–water partition coefficient (Wildman–Crippen LogP) is 1.16. The van der Waals surface area contributed by atoms with Crippen LogP contribution in [0.3, 0.4) is 0 Å². The van der Waals surface area contributed by atoms with E-state index in [9.17, 15) is 4.79 Å². The summed E-state index contributed by atoms with van der Waals surface area (Å²) in [4.78, 5) is 10.0. The van der Waals surface area contributed by atoms with Crippen molar-refractivity contribution in [2.75, 3.05) is 18.8 Å². The Hall–Kier alpha value is -0.0200. The molecule has 0 spiro atoms. The first kappa shape index (κ1) is 8.98. The van der Waals surface area contributed by atoms with Gasteiger partial charge in [-0.05, 0) is 6.26 Å². The average molecular weight is 148 g/mol. The lowest BCUT2D eigenvalue weighted by Gasteiger charge is -2.02. The number of thioether (sulfide) groups is 1. The van der Waals surface area contributed by atoms with E-state index in [0.29, 0.717) is 12.5 Å². The minimum absolute atomic E-state index is 0.0390. The summed E-state index contributed by atoms with van der Waals surface area (Å²) in [5.74, 6) is 0.718. The number of carbonyl (C=O) groups excluding carboxylic acids is 1. The molecule has 0 aliphatic rings. The highest BCUT2D eigenvalue weighted by molar-refractivity contribution is 7.98. The second-order valence-corrected chi connectivity index (χ2v) is 2.70. The van der Waals surface area contributed by atoms with Gasteiger partial charge in [-0.25, -0.2) is 0 Å². The Labute approximate surface area is 60.0 Å². The van der Waals surface area contributed by atoms with Gasteiger partial charge in [-0.3, -0.25) is 0 Å². The molecule has 1 atom stereocenters. The maximum Gasteiger partial charge on any atom is 0.125 e. The molecule has 0 aromatic heterocycles.